The summed E-state index contributed by atoms with van der Waals surface area (Å²) in [5.41, 5.74) is 2.93. The minimum absolute atomic E-state index is 0. The lowest BCUT2D eigenvalue weighted by atomic mass is 10.1. The van der Waals surface area contributed by atoms with Gasteiger partial charge in [0.25, 0.3) is 0 Å². The molecule has 2 rings (SSSR count). The van der Waals surface area contributed by atoms with Crippen molar-refractivity contribution in [2.75, 3.05) is 20.4 Å². The molecule has 0 radical (unpaired) electrons. The van der Waals surface area contributed by atoms with Crippen molar-refractivity contribution >= 4 is 51.4 Å². The average molecular weight is 525 g/mol. The van der Waals surface area contributed by atoms with Gasteiger partial charge in [-0.3, -0.25) is 4.99 Å². The first-order valence-electron chi connectivity index (χ1n) is 8.16. The zero-order valence-electron chi connectivity index (χ0n) is 15.9. The first-order valence-corrected chi connectivity index (χ1v) is 10.6. The zero-order chi connectivity index (χ0) is 19.3. The summed E-state index contributed by atoms with van der Waals surface area (Å²) in [5.74, 6) is 0.826. The maximum absolute atomic E-state index is 11.3. The first-order chi connectivity index (χ1) is 12.2. The van der Waals surface area contributed by atoms with Crippen LogP contribution >= 0.6 is 35.6 Å². The van der Waals surface area contributed by atoms with E-state index < -0.39 is 9.84 Å². The molecule has 27 heavy (non-hydrogen) atoms. The molecule has 2 aromatic rings. The molecule has 6 nitrogen and oxygen atoms in total. The smallest absolute Gasteiger partial charge is 0.194 e. The highest BCUT2D eigenvalue weighted by Crippen LogP contribution is 2.14. The minimum atomic E-state index is -3.02. The van der Waals surface area contributed by atoms with Crippen LogP contribution in [0.5, 0.6) is 0 Å². The molecule has 1 N–H and O–H groups in total. The van der Waals surface area contributed by atoms with Crippen molar-refractivity contribution < 1.29 is 8.42 Å². The second-order valence-electron chi connectivity index (χ2n) is 6.40. The monoisotopic (exact) mass is 524 g/mol. The van der Waals surface area contributed by atoms with Gasteiger partial charge in [-0.2, -0.15) is 0 Å². The fraction of sp³-hybridized carbons (Fsp3) is 0.389. The van der Waals surface area contributed by atoms with Crippen molar-refractivity contribution in [3.63, 3.8) is 0 Å². The van der Waals surface area contributed by atoms with E-state index in [1.54, 1.807) is 7.05 Å². The molecular formula is C18H26ClIN4O2S. The Morgan fingerprint density at radius 3 is 2.33 bits per heavy atom. The van der Waals surface area contributed by atoms with Crippen LogP contribution in [0.4, 0.5) is 0 Å². The normalized spacial score (nSPS) is 11.8. The van der Waals surface area contributed by atoms with E-state index in [1.165, 1.54) is 6.26 Å². The molecule has 0 unspecified atom stereocenters. The van der Waals surface area contributed by atoms with Crippen molar-refractivity contribution in [1.29, 1.82) is 0 Å². The summed E-state index contributed by atoms with van der Waals surface area (Å²) >= 11 is 6.03. The fourth-order valence-electron chi connectivity index (χ4n) is 2.66. The molecule has 0 saturated carbocycles. The number of sulfone groups is 1. The topological polar surface area (TPSA) is 66.7 Å². The number of hydrogen-bond acceptors (Lipinski definition) is 3. The average Bonchev–Trinajstić information content (AvgIpc) is 2.85. The Balaban J connectivity index is 0.00000364. The number of benzene rings is 1. The van der Waals surface area contributed by atoms with Crippen LogP contribution in [0.3, 0.4) is 0 Å². The van der Waals surface area contributed by atoms with Crippen LogP contribution < -0.4 is 5.32 Å². The van der Waals surface area contributed by atoms with Crippen molar-refractivity contribution in [1.82, 2.24) is 14.8 Å². The summed E-state index contributed by atoms with van der Waals surface area (Å²) < 4.78 is 24.7. The van der Waals surface area contributed by atoms with E-state index in [2.05, 4.69) is 10.3 Å². The SMILES string of the molecule is CN=C(NCc1ccc(CS(C)(=O)=O)cc1)N(C)Cc1cc(Cl)cn1C.I. The van der Waals surface area contributed by atoms with Gasteiger partial charge in [-0.1, -0.05) is 35.9 Å². The lowest BCUT2D eigenvalue weighted by Crippen LogP contribution is -2.38. The molecular weight excluding hydrogens is 499 g/mol. The predicted octanol–water partition coefficient (Wildman–Crippen LogP) is 3.05. The molecule has 0 aliphatic rings. The quantitative estimate of drug-likeness (QED) is 0.358. The van der Waals surface area contributed by atoms with Crippen molar-refractivity contribution in [2.24, 2.45) is 12.0 Å². The molecule has 0 aliphatic heterocycles. The van der Waals surface area contributed by atoms with Crippen LogP contribution in [-0.4, -0.2) is 44.2 Å². The van der Waals surface area contributed by atoms with Crippen molar-refractivity contribution in [3.8, 4) is 0 Å². The number of nitrogens with one attached hydrogen (secondary N) is 1. The van der Waals surface area contributed by atoms with Crippen LogP contribution in [0.1, 0.15) is 16.8 Å². The Morgan fingerprint density at radius 1 is 1.26 bits per heavy atom. The van der Waals surface area contributed by atoms with Gasteiger partial charge in [-0.05, 0) is 17.2 Å². The van der Waals surface area contributed by atoms with E-state index in [0.717, 1.165) is 22.8 Å². The Kier molecular flexibility index (Phi) is 9.10. The molecule has 0 atom stereocenters. The van der Waals surface area contributed by atoms with Gasteiger partial charge in [0.15, 0.2) is 15.8 Å². The van der Waals surface area contributed by atoms with Crippen LogP contribution in [-0.2, 0) is 35.7 Å². The van der Waals surface area contributed by atoms with Crippen LogP contribution in [0.15, 0.2) is 41.5 Å². The van der Waals surface area contributed by atoms with E-state index in [9.17, 15) is 8.42 Å². The number of aryl methyl sites for hydroxylation is 1. The number of hydrogen-bond donors (Lipinski definition) is 1. The third kappa shape index (κ3) is 7.71. The highest BCUT2D eigenvalue weighted by atomic mass is 127. The minimum Gasteiger partial charge on any atom is -0.352 e. The van der Waals surface area contributed by atoms with Gasteiger partial charge in [-0.25, -0.2) is 8.42 Å². The summed E-state index contributed by atoms with van der Waals surface area (Å²) in [5, 5.41) is 4.03. The molecule has 150 valence electrons. The predicted molar refractivity (Wildman–Crippen MR) is 122 cm³/mol. The van der Waals surface area contributed by atoms with E-state index in [0.29, 0.717) is 18.1 Å². The van der Waals surface area contributed by atoms with Gasteiger partial charge >= 0.3 is 0 Å². The summed E-state index contributed by atoms with van der Waals surface area (Å²) in [6.07, 6.45) is 3.11. The Hall–Kier alpha value is -1.26. The molecule has 1 aromatic heterocycles. The Morgan fingerprint density at radius 2 is 1.85 bits per heavy atom. The highest BCUT2D eigenvalue weighted by Gasteiger charge is 2.10. The third-order valence-corrected chi connectivity index (χ3v) is 5.01. The van der Waals surface area contributed by atoms with Gasteiger partial charge in [0.2, 0.25) is 0 Å². The second-order valence-corrected chi connectivity index (χ2v) is 8.98. The van der Waals surface area contributed by atoms with Gasteiger partial charge < -0.3 is 14.8 Å². The van der Waals surface area contributed by atoms with Crippen LogP contribution in [0.2, 0.25) is 5.02 Å². The highest BCUT2D eigenvalue weighted by molar-refractivity contribution is 14.0. The largest absolute Gasteiger partial charge is 0.352 e. The third-order valence-electron chi connectivity index (χ3n) is 3.95. The van der Waals surface area contributed by atoms with Crippen molar-refractivity contribution in [3.05, 3.63) is 58.4 Å². The number of halogens is 2. The molecule has 0 aliphatic carbocycles. The number of aliphatic imine (C=N–C) groups is 1. The van der Waals surface area contributed by atoms with Crippen LogP contribution in [0.25, 0.3) is 0 Å². The molecule has 1 heterocycles. The number of aromatic nitrogens is 1. The van der Waals surface area contributed by atoms with E-state index >= 15 is 0 Å². The molecule has 0 amide bonds. The van der Waals surface area contributed by atoms with Gasteiger partial charge in [0, 0.05) is 45.8 Å². The van der Waals surface area contributed by atoms with Gasteiger partial charge in [0.05, 0.1) is 17.3 Å². The molecule has 9 heteroatoms. The van der Waals surface area contributed by atoms with Crippen molar-refractivity contribution in [2.45, 2.75) is 18.8 Å². The molecule has 1 aromatic carbocycles. The maximum Gasteiger partial charge on any atom is 0.194 e. The number of rotatable bonds is 6. The van der Waals surface area contributed by atoms with E-state index in [1.807, 2.05) is 60.1 Å². The number of nitrogens with zero attached hydrogens (tertiary/aromatic N) is 3. The summed E-state index contributed by atoms with van der Waals surface area (Å²) in [6, 6.07) is 9.48. The van der Waals surface area contributed by atoms with Gasteiger partial charge in [0.1, 0.15) is 0 Å². The lowest BCUT2D eigenvalue weighted by molar-refractivity contribution is 0.461. The Bertz CT molecular complexity index is 879. The number of guanidine groups is 1. The molecule has 0 fully saturated rings. The fourth-order valence-corrected chi connectivity index (χ4v) is 3.73. The standard InChI is InChI=1S/C18H25ClN4O2S.HI/c1-20-18(23(3)12-17-9-16(19)11-22(17)2)21-10-14-5-7-15(8-6-14)13-26(4,24)25;/h5-9,11H,10,12-13H2,1-4H3,(H,20,21);1H. The van der Waals surface area contributed by atoms with E-state index in [-0.39, 0.29) is 29.7 Å². The summed E-state index contributed by atoms with van der Waals surface area (Å²) in [6.45, 7) is 1.28. The van der Waals surface area contributed by atoms with Gasteiger partial charge in [-0.15, -0.1) is 24.0 Å². The molecule has 0 saturated heterocycles. The summed E-state index contributed by atoms with van der Waals surface area (Å²) in [4.78, 5) is 6.33. The second kappa shape index (κ2) is 10.3. The lowest BCUT2D eigenvalue weighted by Gasteiger charge is -2.22. The maximum atomic E-state index is 11.3. The molecule has 0 bridgehead atoms. The molecule has 0 spiro atoms. The van der Waals surface area contributed by atoms with Crippen LogP contribution in [0, 0.1) is 0 Å². The zero-order valence-corrected chi connectivity index (χ0v) is 19.8. The summed E-state index contributed by atoms with van der Waals surface area (Å²) in [7, 11) is 2.65. The first kappa shape index (κ1) is 23.8. The Labute approximate surface area is 183 Å². The van der Waals surface area contributed by atoms with E-state index in [4.69, 9.17) is 11.6 Å².